The zero-order valence-corrected chi connectivity index (χ0v) is 12.3. The predicted octanol–water partition coefficient (Wildman–Crippen LogP) is 3.37. The first-order chi connectivity index (χ1) is 9.55. The molecule has 2 rings (SSSR count). The van der Waals surface area contributed by atoms with Crippen LogP contribution in [-0.4, -0.2) is 23.2 Å². The maximum absolute atomic E-state index is 11.8. The molecule has 20 heavy (non-hydrogen) atoms. The molecule has 4 nitrogen and oxygen atoms in total. The third-order valence-electron chi connectivity index (χ3n) is 4.25. The number of aromatic nitrogens is 1. The quantitative estimate of drug-likeness (QED) is 0.857. The molecule has 1 aromatic rings. The number of aliphatic carboxylic acids is 1. The first kappa shape index (κ1) is 14.8. The van der Waals surface area contributed by atoms with Crippen molar-refractivity contribution in [3.05, 3.63) is 23.5 Å². The second kappa shape index (κ2) is 6.25. The SMILES string of the molecule is COc1cc(C)nc(CC2(C(=O)O)CCCCCC2)c1. The molecular weight excluding hydrogens is 254 g/mol. The van der Waals surface area contributed by atoms with Crippen LogP contribution in [0.15, 0.2) is 12.1 Å². The van der Waals surface area contributed by atoms with Gasteiger partial charge in [-0.05, 0) is 19.8 Å². The summed E-state index contributed by atoms with van der Waals surface area (Å²) in [7, 11) is 1.62. The Hall–Kier alpha value is -1.58. The third-order valence-corrected chi connectivity index (χ3v) is 4.25. The zero-order chi connectivity index (χ0) is 14.6. The van der Waals surface area contributed by atoms with Gasteiger partial charge in [-0.15, -0.1) is 0 Å². The highest BCUT2D eigenvalue weighted by Crippen LogP contribution is 2.38. The fraction of sp³-hybridized carbons (Fsp3) is 0.625. The monoisotopic (exact) mass is 277 g/mol. The maximum Gasteiger partial charge on any atom is 0.310 e. The van der Waals surface area contributed by atoms with Crippen LogP contribution >= 0.6 is 0 Å². The highest BCUT2D eigenvalue weighted by molar-refractivity contribution is 5.75. The summed E-state index contributed by atoms with van der Waals surface area (Å²) >= 11 is 0. The van der Waals surface area contributed by atoms with E-state index in [9.17, 15) is 9.90 Å². The van der Waals surface area contributed by atoms with Crippen molar-refractivity contribution < 1.29 is 14.6 Å². The lowest BCUT2D eigenvalue weighted by molar-refractivity contribution is -0.149. The molecule has 0 amide bonds. The van der Waals surface area contributed by atoms with Crippen LogP contribution < -0.4 is 4.74 Å². The van der Waals surface area contributed by atoms with Gasteiger partial charge in [0.15, 0.2) is 0 Å². The van der Waals surface area contributed by atoms with Crippen LogP contribution in [0.1, 0.15) is 49.9 Å². The summed E-state index contributed by atoms with van der Waals surface area (Å²) in [4.78, 5) is 16.3. The Kier molecular flexibility index (Phi) is 4.63. The molecule has 1 aliphatic carbocycles. The minimum atomic E-state index is -0.679. The van der Waals surface area contributed by atoms with Crippen molar-refractivity contribution in [3.63, 3.8) is 0 Å². The molecule has 0 aliphatic heterocycles. The summed E-state index contributed by atoms with van der Waals surface area (Å²) in [6.07, 6.45) is 6.27. The largest absolute Gasteiger partial charge is 0.497 e. The minimum absolute atomic E-state index is 0.500. The molecule has 1 aliphatic rings. The van der Waals surface area contributed by atoms with E-state index in [0.29, 0.717) is 6.42 Å². The average Bonchev–Trinajstić information content (AvgIpc) is 2.64. The van der Waals surface area contributed by atoms with E-state index in [1.54, 1.807) is 7.11 Å². The van der Waals surface area contributed by atoms with E-state index in [4.69, 9.17) is 4.74 Å². The average molecular weight is 277 g/mol. The molecule has 110 valence electrons. The number of pyridine rings is 1. The van der Waals surface area contributed by atoms with Gasteiger partial charge in [0.05, 0.1) is 12.5 Å². The van der Waals surface area contributed by atoms with Gasteiger partial charge in [-0.25, -0.2) is 0 Å². The molecule has 1 saturated carbocycles. The normalized spacial score (nSPS) is 18.3. The Labute approximate surface area is 120 Å². The summed E-state index contributed by atoms with van der Waals surface area (Å²) in [5.74, 6) is 0.0725. The van der Waals surface area contributed by atoms with Crippen LogP contribution in [-0.2, 0) is 11.2 Å². The molecule has 0 radical (unpaired) electrons. The number of carbonyl (C=O) groups is 1. The maximum atomic E-state index is 11.8. The summed E-state index contributed by atoms with van der Waals surface area (Å²) < 4.78 is 5.26. The molecule has 0 bridgehead atoms. The smallest absolute Gasteiger partial charge is 0.310 e. The Morgan fingerprint density at radius 1 is 1.30 bits per heavy atom. The molecule has 0 saturated heterocycles. The molecule has 1 heterocycles. The van der Waals surface area contributed by atoms with Crippen molar-refractivity contribution in [3.8, 4) is 5.75 Å². The fourth-order valence-corrected chi connectivity index (χ4v) is 3.13. The number of carboxylic acids is 1. The summed E-state index contributed by atoms with van der Waals surface area (Å²) in [6, 6.07) is 3.73. The lowest BCUT2D eigenvalue weighted by Gasteiger charge is -2.27. The van der Waals surface area contributed by atoms with E-state index < -0.39 is 11.4 Å². The molecule has 0 spiro atoms. The van der Waals surface area contributed by atoms with Crippen LogP contribution in [0, 0.1) is 12.3 Å². The van der Waals surface area contributed by atoms with E-state index in [1.165, 1.54) is 0 Å². The van der Waals surface area contributed by atoms with Crippen LogP contribution in [0.4, 0.5) is 0 Å². The first-order valence-electron chi connectivity index (χ1n) is 7.31. The van der Waals surface area contributed by atoms with Crippen LogP contribution in [0.2, 0.25) is 0 Å². The van der Waals surface area contributed by atoms with Gasteiger partial charge < -0.3 is 9.84 Å². The van der Waals surface area contributed by atoms with E-state index >= 15 is 0 Å². The molecule has 0 unspecified atom stereocenters. The molecule has 1 aromatic heterocycles. The van der Waals surface area contributed by atoms with Crippen molar-refractivity contribution in [2.75, 3.05) is 7.11 Å². The lowest BCUT2D eigenvalue weighted by atomic mass is 9.76. The fourth-order valence-electron chi connectivity index (χ4n) is 3.13. The van der Waals surface area contributed by atoms with Crippen LogP contribution in [0.3, 0.4) is 0 Å². The topological polar surface area (TPSA) is 59.4 Å². The van der Waals surface area contributed by atoms with E-state index in [1.807, 2.05) is 19.1 Å². The van der Waals surface area contributed by atoms with Crippen molar-refractivity contribution in [2.45, 2.75) is 51.9 Å². The van der Waals surface area contributed by atoms with Gasteiger partial charge in [0.25, 0.3) is 0 Å². The number of hydrogen-bond donors (Lipinski definition) is 1. The first-order valence-corrected chi connectivity index (χ1v) is 7.31. The van der Waals surface area contributed by atoms with Crippen LogP contribution in [0.5, 0.6) is 5.75 Å². The molecule has 0 aromatic carbocycles. The van der Waals surface area contributed by atoms with Crippen molar-refractivity contribution >= 4 is 5.97 Å². The lowest BCUT2D eigenvalue weighted by Crippen LogP contribution is -2.33. The van der Waals surface area contributed by atoms with Gasteiger partial charge in [0.2, 0.25) is 0 Å². The summed E-state index contributed by atoms with van der Waals surface area (Å²) in [5.41, 5.74) is 1.04. The second-order valence-electron chi connectivity index (χ2n) is 5.82. The number of rotatable bonds is 4. The highest BCUT2D eigenvalue weighted by Gasteiger charge is 2.39. The Bertz CT molecular complexity index is 477. The Balaban J connectivity index is 2.27. The number of nitrogens with zero attached hydrogens (tertiary/aromatic N) is 1. The van der Waals surface area contributed by atoms with E-state index in [2.05, 4.69) is 4.98 Å². The van der Waals surface area contributed by atoms with Gasteiger partial charge in [-0.1, -0.05) is 25.7 Å². The predicted molar refractivity (Wildman–Crippen MR) is 77.0 cm³/mol. The van der Waals surface area contributed by atoms with Crippen molar-refractivity contribution in [2.24, 2.45) is 5.41 Å². The molecule has 1 fully saturated rings. The van der Waals surface area contributed by atoms with Crippen molar-refractivity contribution in [1.29, 1.82) is 0 Å². The highest BCUT2D eigenvalue weighted by atomic mass is 16.5. The third kappa shape index (κ3) is 3.30. The van der Waals surface area contributed by atoms with Gasteiger partial charge >= 0.3 is 5.97 Å². The number of methoxy groups -OCH3 is 1. The minimum Gasteiger partial charge on any atom is -0.497 e. The molecule has 1 N–H and O–H groups in total. The van der Waals surface area contributed by atoms with E-state index in [-0.39, 0.29) is 0 Å². The second-order valence-corrected chi connectivity index (χ2v) is 5.82. The van der Waals surface area contributed by atoms with Gasteiger partial charge in [-0.3, -0.25) is 9.78 Å². The van der Waals surface area contributed by atoms with Gasteiger partial charge in [0.1, 0.15) is 5.75 Å². The number of carboxylic acid groups (broad SMARTS) is 1. The van der Waals surface area contributed by atoms with Crippen LogP contribution in [0.25, 0.3) is 0 Å². The molecule has 4 heteroatoms. The molecular formula is C16H23NO3. The Morgan fingerprint density at radius 2 is 1.95 bits per heavy atom. The van der Waals surface area contributed by atoms with Gasteiger partial charge in [0, 0.05) is 29.9 Å². The van der Waals surface area contributed by atoms with Gasteiger partial charge in [-0.2, -0.15) is 0 Å². The standard InChI is InChI=1S/C16H23NO3/c1-12-9-14(20-2)10-13(17-12)11-16(15(18)19)7-5-3-4-6-8-16/h9-10H,3-8,11H2,1-2H3,(H,18,19). The number of hydrogen-bond acceptors (Lipinski definition) is 3. The van der Waals surface area contributed by atoms with E-state index in [0.717, 1.165) is 55.7 Å². The van der Waals surface area contributed by atoms with Crippen molar-refractivity contribution in [1.82, 2.24) is 4.98 Å². The number of ether oxygens (including phenoxy) is 1. The summed E-state index contributed by atoms with van der Waals surface area (Å²) in [6.45, 7) is 1.91. The molecule has 0 atom stereocenters. The number of aryl methyl sites for hydroxylation is 1. The zero-order valence-electron chi connectivity index (χ0n) is 12.3. The summed E-state index contributed by atoms with van der Waals surface area (Å²) in [5, 5.41) is 9.71. The Morgan fingerprint density at radius 3 is 2.50 bits per heavy atom.